The van der Waals surface area contributed by atoms with Crippen molar-refractivity contribution >= 4 is 23.6 Å². The van der Waals surface area contributed by atoms with Gasteiger partial charge < -0.3 is 15.0 Å². The summed E-state index contributed by atoms with van der Waals surface area (Å²) in [6, 6.07) is 4.94. The van der Waals surface area contributed by atoms with Crippen molar-refractivity contribution in [2.24, 2.45) is 18.9 Å². The minimum Gasteiger partial charge on any atom is -0.442 e. The normalized spacial score (nSPS) is 27.2. The molecule has 1 aromatic carbocycles. The monoisotopic (exact) mass is 415 g/mol. The Balaban J connectivity index is 1.24. The van der Waals surface area contributed by atoms with Gasteiger partial charge in [0.25, 0.3) is 0 Å². The Labute approximate surface area is 172 Å². The van der Waals surface area contributed by atoms with Crippen LogP contribution in [0, 0.1) is 17.7 Å². The van der Waals surface area contributed by atoms with Crippen LogP contribution in [0.2, 0.25) is 0 Å². The molecule has 5 rings (SSSR count). The molecule has 3 fully saturated rings. The number of hydrogen-bond donors (Lipinski definition) is 1. The predicted molar refractivity (Wildman–Crippen MR) is 103 cm³/mol. The van der Waals surface area contributed by atoms with E-state index in [0.29, 0.717) is 23.1 Å². The van der Waals surface area contributed by atoms with Gasteiger partial charge in [-0.3, -0.25) is 9.69 Å². The first-order valence-electron chi connectivity index (χ1n) is 9.91. The topological polar surface area (TPSA) is 105 Å². The zero-order valence-electron chi connectivity index (χ0n) is 16.7. The highest BCUT2D eigenvalue weighted by atomic mass is 19.1. The Morgan fingerprint density at radius 3 is 2.70 bits per heavy atom. The molecule has 0 bridgehead atoms. The van der Waals surface area contributed by atoms with E-state index in [1.54, 1.807) is 23.9 Å². The van der Waals surface area contributed by atoms with Crippen LogP contribution in [0.3, 0.4) is 0 Å². The summed E-state index contributed by atoms with van der Waals surface area (Å²) in [7, 11) is 1.80. The molecule has 2 saturated heterocycles. The lowest BCUT2D eigenvalue weighted by atomic mass is 10.1. The summed E-state index contributed by atoms with van der Waals surface area (Å²) in [4.78, 5) is 26.7. The van der Waals surface area contributed by atoms with Crippen LogP contribution in [-0.2, 0) is 16.6 Å². The smallest absolute Gasteiger partial charge is 0.414 e. The van der Waals surface area contributed by atoms with Crippen LogP contribution in [0.4, 0.5) is 20.8 Å². The number of piperidine rings is 1. The lowest BCUT2D eigenvalue weighted by Crippen LogP contribution is -2.33. The number of benzene rings is 1. The highest BCUT2D eigenvalue weighted by molar-refractivity contribution is 5.89. The van der Waals surface area contributed by atoms with Crippen LogP contribution in [0.15, 0.2) is 18.2 Å². The maximum absolute atomic E-state index is 14.9. The molecule has 0 radical (unpaired) electrons. The van der Waals surface area contributed by atoms with Crippen molar-refractivity contribution in [2.45, 2.75) is 18.9 Å². The van der Waals surface area contributed by atoms with Gasteiger partial charge in [0.1, 0.15) is 11.9 Å². The predicted octanol–water partition coefficient (Wildman–Crippen LogP) is 0.660. The second-order valence-corrected chi connectivity index (χ2v) is 8.12. The van der Waals surface area contributed by atoms with Crippen LogP contribution in [0.5, 0.6) is 0 Å². The molecule has 1 saturated carbocycles. The second kappa shape index (κ2) is 6.92. The van der Waals surface area contributed by atoms with Gasteiger partial charge in [-0.15, -0.1) is 0 Å². The van der Waals surface area contributed by atoms with Gasteiger partial charge in [-0.05, 0) is 45.9 Å². The first-order chi connectivity index (χ1) is 14.4. The summed E-state index contributed by atoms with van der Waals surface area (Å²) >= 11 is 0. The van der Waals surface area contributed by atoms with Crippen molar-refractivity contribution in [2.75, 3.05) is 36.0 Å². The third kappa shape index (κ3) is 3.14. The molecule has 2 aliphatic heterocycles. The van der Waals surface area contributed by atoms with Gasteiger partial charge in [0, 0.05) is 27.1 Å². The van der Waals surface area contributed by atoms with Crippen molar-refractivity contribution in [3.63, 3.8) is 0 Å². The van der Waals surface area contributed by atoms with Crippen LogP contribution < -0.4 is 15.1 Å². The molecular formula is C19H22FN7O3. The zero-order valence-corrected chi connectivity index (χ0v) is 16.7. The van der Waals surface area contributed by atoms with E-state index in [0.717, 1.165) is 19.0 Å². The van der Waals surface area contributed by atoms with E-state index in [4.69, 9.17) is 4.74 Å². The number of carbonyl (C=O) groups excluding carboxylic acids is 2. The Kier molecular flexibility index (Phi) is 4.33. The lowest BCUT2D eigenvalue weighted by Gasteiger charge is -2.20. The number of rotatable bonds is 5. The molecule has 2 aromatic rings. The minimum atomic E-state index is -0.534. The van der Waals surface area contributed by atoms with E-state index >= 15 is 0 Å². The van der Waals surface area contributed by atoms with Gasteiger partial charge in [0.15, 0.2) is 0 Å². The van der Waals surface area contributed by atoms with Crippen LogP contribution in [0.25, 0.3) is 0 Å². The number of cyclic esters (lactones) is 1. The van der Waals surface area contributed by atoms with Gasteiger partial charge in [0.05, 0.1) is 18.8 Å². The van der Waals surface area contributed by atoms with Crippen molar-refractivity contribution in [1.82, 2.24) is 25.5 Å². The number of nitrogens with zero attached hydrogens (tertiary/aromatic N) is 6. The maximum atomic E-state index is 14.9. The molecule has 2 unspecified atom stereocenters. The number of ether oxygens (including phenoxy) is 1. The van der Waals surface area contributed by atoms with Crippen LogP contribution in [0.1, 0.15) is 18.4 Å². The molecule has 1 aliphatic carbocycles. The van der Waals surface area contributed by atoms with Gasteiger partial charge in [0.2, 0.25) is 11.9 Å². The first kappa shape index (κ1) is 18.8. The van der Waals surface area contributed by atoms with Crippen molar-refractivity contribution in [3.8, 4) is 0 Å². The van der Waals surface area contributed by atoms with E-state index < -0.39 is 12.2 Å². The number of tetrazole rings is 1. The Morgan fingerprint density at radius 1 is 1.30 bits per heavy atom. The molecule has 158 valence electrons. The Morgan fingerprint density at radius 2 is 2.07 bits per heavy atom. The molecule has 3 aliphatic rings. The number of halogens is 1. The largest absolute Gasteiger partial charge is 0.442 e. The van der Waals surface area contributed by atoms with E-state index in [-0.39, 0.29) is 30.7 Å². The summed E-state index contributed by atoms with van der Waals surface area (Å²) < 4.78 is 21.8. The number of aromatic nitrogens is 4. The summed E-state index contributed by atoms with van der Waals surface area (Å²) in [5.74, 6) is 1.16. The van der Waals surface area contributed by atoms with Crippen molar-refractivity contribution < 1.29 is 18.7 Å². The van der Waals surface area contributed by atoms with Crippen molar-refractivity contribution in [3.05, 3.63) is 29.6 Å². The summed E-state index contributed by atoms with van der Waals surface area (Å²) in [6.07, 6.45) is -0.985. The first-order valence-corrected chi connectivity index (χ1v) is 9.91. The molecule has 0 spiro atoms. The fourth-order valence-corrected chi connectivity index (χ4v) is 4.69. The average molecular weight is 415 g/mol. The molecule has 30 heavy (non-hydrogen) atoms. The molecule has 1 N–H and O–H groups in total. The van der Waals surface area contributed by atoms with Gasteiger partial charge in [-0.2, -0.15) is 0 Å². The number of nitrogens with one attached hydrogen (secondary N) is 1. The number of hydrogen-bond acceptors (Lipinski definition) is 7. The lowest BCUT2D eigenvalue weighted by molar-refractivity contribution is -0.119. The van der Waals surface area contributed by atoms with E-state index in [1.807, 2.05) is 0 Å². The fraction of sp³-hybridized carbons (Fsp3) is 0.526. The summed E-state index contributed by atoms with van der Waals surface area (Å²) in [6.45, 7) is 3.51. The SMILES string of the molecule is CC(=O)NC[C@H]1CN(c2ccc(C3C4CN(c5nnnn5C)CC43)c(F)c2)C(=O)O1. The number of amides is 2. The highest BCUT2D eigenvalue weighted by Crippen LogP contribution is 2.59. The van der Waals surface area contributed by atoms with Crippen LogP contribution in [-0.4, -0.2) is 64.5 Å². The molecule has 3 atom stereocenters. The number of aryl methyl sites for hydroxylation is 1. The number of fused-ring (bicyclic) bond motifs is 1. The Hall–Kier alpha value is -3.24. The molecule has 10 nitrogen and oxygen atoms in total. The summed E-state index contributed by atoms with van der Waals surface area (Å²) in [5, 5.41) is 14.2. The van der Waals surface area contributed by atoms with E-state index in [1.165, 1.54) is 17.9 Å². The maximum Gasteiger partial charge on any atom is 0.414 e. The quantitative estimate of drug-likeness (QED) is 0.765. The highest BCUT2D eigenvalue weighted by Gasteiger charge is 2.57. The standard InChI is InChI=1S/C19H22FN7O3/c1-10(28)21-6-12-7-27(19(29)30-12)11-3-4-13(16(20)5-11)17-14-8-26(9-15(14)17)18-22-23-24-25(18)2/h3-5,12,14-15,17H,6-9H2,1-2H3,(H,21,28)/t12-,14?,15?,17?/m0/s1. The second-order valence-electron chi connectivity index (χ2n) is 8.12. The summed E-state index contributed by atoms with van der Waals surface area (Å²) in [5.41, 5.74) is 1.15. The van der Waals surface area contributed by atoms with Crippen molar-refractivity contribution in [1.29, 1.82) is 0 Å². The average Bonchev–Trinajstić information content (AvgIpc) is 3.10. The third-order valence-corrected chi connectivity index (χ3v) is 6.18. The molecular weight excluding hydrogens is 393 g/mol. The van der Waals surface area contributed by atoms with Gasteiger partial charge >= 0.3 is 6.09 Å². The molecule has 3 heterocycles. The number of anilines is 2. The molecule has 2 amide bonds. The van der Waals surface area contributed by atoms with E-state index in [9.17, 15) is 14.0 Å². The van der Waals surface area contributed by atoms with E-state index in [2.05, 4.69) is 25.7 Å². The molecule has 11 heteroatoms. The van der Waals surface area contributed by atoms with Gasteiger partial charge in [-0.1, -0.05) is 11.2 Å². The zero-order chi connectivity index (χ0) is 21.0. The van der Waals surface area contributed by atoms with Gasteiger partial charge in [-0.25, -0.2) is 13.9 Å². The molecule has 1 aromatic heterocycles. The fourth-order valence-electron chi connectivity index (χ4n) is 4.69. The minimum absolute atomic E-state index is 0.175. The Bertz CT molecular complexity index is 1000. The number of carbonyl (C=O) groups is 2. The van der Waals surface area contributed by atoms with Crippen LogP contribution >= 0.6 is 0 Å². The third-order valence-electron chi connectivity index (χ3n) is 6.18.